The molecule has 1 atom stereocenters. The second kappa shape index (κ2) is 6.71. The SMILES string of the molecule is O=C1C[C@H](C(=O)N2CCc3ccccc32)CN1CCc1ccccc1. The average molecular weight is 334 g/mol. The number of anilines is 1. The minimum Gasteiger partial charge on any atom is -0.342 e. The lowest BCUT2D eigenvalue weighted by Crippen LogP contribution is -2.36. The molecule has 4 rings (SSSR count). The third kappa shape index (κ3) is 3.16. The van der Waals surface area contributed by atoms with Crippen LogP contribution < -0.4 is 4.90 Å². The van der Waals surface area contributed by atoms with Gasteiger partial charge >= 0.3 is 0 Å². The molecule has 2 heterocycles. The lowest BCUT2D eigenvalue weighted by atomic mass is 10.1. The molecule has 0 spiro atoms. The van der Waals surface area contributed by atoms with Gasteiger partial charge in [0.2, 0.25) is 11.8 Å². The summed E-state index contributed by atoms with van der Waals surface area (Å²) in [6.45, 7) is 1.96. The molecule has 0 aliphatic carbocycles. The second-order valence-corrected chi connectivity index (χ2v) is 6.84. The van der Waals surface area contributed by atoms with E-state index < -0.39 is 0 Å². The van der Waals surface area contributed by atoms with E-state index in [-0.39, 0.29) is 17.7 Å². The number of benzene rings is 2. The summed E-state index contributed by atoms with van der Waals surface area (Å²) in [5, 5.41) is 0. The smallest absolute Gasteiger partial charge is 0.232 e. The lowest BCUT2D eigenvalue weighted by Gasteiger charge is -2.21. The number of carbonyl (C=O) groups is 2. The topological polar surface area (TPSA) is 40.6 Å². The first-order valence-electron chi connectivity index (χ1n) is 8.93. The fraction of sp³-hybridized carbons (Fsp3) is 0.333. The Kier molecular flexibility index (Phi) is 4.26. The van der Waals surface area contributed by atoms with Crippen LogP contribution in [-0.4, -0.2) is 36.3 Å². The summed E-state index contributed by atoms with van der Waals surface area (Å²) in [5.41, 5.74) is 3.46. The fourth-order valence-corrected chi connectivity index (χ4v) is 3.85. The van der Waals surface area contributed by atoms with Gasteiger partial charge in [-0.05, 0) is 30.0 Å². The summed E-state index contributed by atoms with van der Waals surface area (Å²) in [7, 11) is 0. The summed E-state index contributed by atoms with van der Waals surface area (Å²) in [6.07, 6.45) is 2.08. The molecule has 2 aromatic carbocycles. The van der Waals surface area contributed by atoms with E-state index in [4.69, 9.17) is 0 Å². The zero-order chi connectivity index (χ0) is 17.2. The van der Waals surface area contributed by atoms with Crippen LogP contribution in [0.2, 0.25) is 0 Å². The van der Waals surface area contributed by atoms with Crippen molar-refractivity contribution in [2.75, 3.05) is 24.5 Å². The minimum absolute atomic E-state index is 0.0977. The number of carbonyl (C=O) groups excluding carboxylic acids is 2. The molecule has 2 amide bonds. The Morgan fingerprint density at radius 1 is 1.04 bits per heavy atom. The molecular weight excluding hydrogens is 312 g/mol. The molecule has 0 N–H and O–H groups in total. The van der Waals surface area contributed by atoms with Gasteiger partial charge in [0.15, 0.2) is 0 Å². The summed E-state index contributed by atoms with van der Waals surface area (Å²) >= 11 is 0. The van der Waals surface area contributed by atoms with Crippen LogP contribution in [0.15, 0.2) is 54.6 Å². The first-order chi connectivity index (χ1) is 12.2. The number of hydrogen-bond donors (Lipinski definition) is 0. The van der Waals surface area contributed by atoms with E-state index in [0.717, 1.165) is 25.1 Å². The maximum absolute atomic E-state index is 12.9. The maximum atomic E-state index is 12.9. The van der Waals surface area contributed by atoms with E-state index in [1.54, 1.807) is 0 Å². The number of fused-ring (bicyclic) bond motifs is 1. The Morgan fingerprint density at radius 3 is 2.64 bits per heavy atom. The molecular formula is C21H22N2O2. The first-order valence-corrected chi connectivity index (χ1v) is 8.93. The second-order valence-electron chi connectivity index (χ2n) is 6.84. The third-order valence-electron chi connectivity index (χ3n) is 5.23. The Morgan fingerprint density at radius 2 is 1.80 bits per heavy atom. The van der Waals surface area contributed by atoms with Crippen LogP contribution in [0.1, 0.15) is 17.5 Å². The first kappa shape index (κ1) is 15.9. The van der Waals surface area contributed by atoms with Crippen LogP contribution in [0, 0.1) is 5.92 Å². The number of nitrogens with zero attached hydrogens (tertiary/aromatic N) is 2. The fourth-order valence-electron chi connectivity index (χ4n) is 3.85. The Balaban J connectivity index is 1.40. The highest BCUT2D eigenvalue weighted by molar-refractivity contribution is 6.00. The van der Waals surface area contributed by atoms with Crippen LogP contribution in [0.5, 0.6) is 0 Å². The summed E-state index contributed by atoms with van der Waals surface area (Å²) in [6, 6.07) is 18.2. The Bertz CT molecular complexity index is 787. The number of para-hydroxylation sites is 1. The minimum atomic E-state index is -0.213. The van der Waals surface area contributed by atoms with E-state index in [0.29, 0.717) is 19.5 Å². The molecule has 2 aliphatic heterocycles. The molecule has 0 aromatic heterocycles. The lowest BCUT2D eigenvalue weighted by molar-refractivity contribution is -0.128. The highest BCUT2D eigenvalue weighted by Crippen LogP contribution is 2.31. The van der Waals surface area contributed by atoms with Crippen molar-refractivity contribution in [3.05, 3.63) is 65.7 Å². The van der Waals surface area contributed by atoms with Gasteiger partial charge in [0.1, 0.15) is 0 Å². The van der Waals surface area contributed by atoms with Gasteiger partial charge in [0.05, 0.1) is 5.92 Å². The summed E-state index contributed by atoms with van der Waals surface area (Å²) in [4.78, 5) is 29.0. The highest BCUT2D eigenvalue weighted by atomic mass is 16.2. The van der Waals surface area contributed by atoms with Crippen molar-refractivity contribution >= 4 is 17.5 Å². The monoisotopic (exact) mass is 334 g/mol. The van der Waals surface area contributed by atoms with Crippen molar-refractivity contribution in [3.8, 4) is 0 Å². The number of rotatable bonds is 4. The number of amides is 2. The van der Waals surface area contributed by atoms with Crippen molar-refractivity contribution in [3.63, 3.8) is 0 Å². The van der Waals surface area contributed by atoms with Crippen LogP contribution >= 0.6 is 0 Å². The highest BCUT2D eigenvalue weighted by Gasteiger charge is 2.38. The Hall–Kier alpha value is -2.62. The molecule has 1 saturated heterocycles. The zero-order valence-corrected chi connectivity index (χ0v) is 14.2. The van der Waals surface area contributed by atoms with Crippen LogP contribution in [0.25, 0.3) is 0 Å². The van der Waals surface area contributed by atoms with Gasteiger partial charge < -0.3 is 9.80 Å². The van der Waals surface area contributed by atoms with Gasteiger partial charge in [0.25, 0.3) is 0 Å². The molecule has 4 nitrogen and oxygen atoms in total. The maximum Gasteiger partial charge on any atom is 0.232 e. The summed E-state index contributed by atoms with van der Waals surface area (Å²) < 4.78 is 0. The van der Waals surface area contributed by atoms with Crippen molar-refractivity contribution in [1.82, 2.24) is 4.90 Å². The van der Waals surface area contributed by atoms with E-state index in [2.05, 4.69) is 18.2 Å². The van der Waals surface area contributed by atoms with Gasteiger partial charge in [-0.3, -0.25) is 9.59 Å². The van der Waals surface area contributed by atoms with Gasteiger partial charge in [0, 0.05) is 31.7 Å². The molecule has 4 heteroatoms. The standard InChI is InChI=1S/C21H22N2O2/c24-20-14-18(15-22(20)12-10-16-6-2-1-3-7-16)21(25)23-13-11-17-8-4-5-9-19(17)23/h1-9,18H,10-15H2/t18-/m0/s1. The van der Waals surface area contributed by atoms with E-state index >= 15 is 0 Å². The molecule has 1 fully saturated rings. The van der Waals surface area contributed by atoms with Crippen LogP contribution in [0.4, 0.5) is 5.69 Å². The van der Waals surface area contributed by atoms with Crippen molar-refractivity contribution in [2.45, 2.75) is 19.3 Å². The molecule has 0 bridgehead atoms. The number of likely N-dealkylation sites (tertiary alicyclic amines) is 1. The summed E-state index contributed by atoms with van der Waals surface area (Å²) in [5.74, 6) is -0.0169. The Labute approximate surface area is 148 Å². The van der Waals surface area contributed by atoms with E-state index in [9.17, 15) is 9.59 Å². The predicted octanol–water partition coefficient (Wildman–Crippen LogP) is 2.67. The van der Waals surface area contributed by atoms with E-state index in [1.807, 2.05) is 46.2 Å². The molecule has 0 unspecified atom stereocenters. The molecule has 25 heavy (non-hydrogen) atoms. The third-order valence-corrected chi connectivity index (χ3v) is 5.23. The molecule has 0 radical (unpaired) electrons. The molecule has 0 saturated carbocycles. The van der Waals surface area contributed by atoms with Crippen LogP contribution in [-0.2, 0) is 22.4 Å². The molecule has 2 aliphatic rings. The molecule has 128 valence electrons. The number of hydrogen-bond acceptors (Lipinski definition) is 2. The van der Waals surface area contributed by atoms with Gasteiger partial charge in [-0.2, -0.15) is 0 Å². The van der Waals surface area contributed by atoms with Crippen molar-refractivity contribution in [2.24, 2.45) is 5.92 Å². The quantitative estimate of drug-likeness (QED) is 0.862. The van der Waals surface area contributed by atoms with Crippen LogP contribution in [0.3, 0.4) is 0 Å². The molecule has 2 aromatic rings. The van der Waals surface area contributed by atoms with E-state index in [1.165, 1.54) is 11.1 Å². The predicted molar refractivity (Wildman–Crippen MR) is 97.3 cm³/mol. The van der Waals surface area contributed by atoms with Crippen molar-refractivity contribution in [1.29, 1.82) is 0 Å². The van der Waals surface area contributed by atoms with Gasteiger partial charge in [-0.25, -0.2) is 0 Å². The van der Waals surface area contributed by atoms with Gasteiger partial charge in [-0.15, -0.1) is 0 Å². The zero-order valence-electron chi connectivity index (χ0n) is 14.2. The average Bonchev–Trinajstić information content (AvgIpc) is 3.24. The normalized spacial score (nSPS) is 19.4. The van der Waals surface area contributed by atoms with Gasteiger partial charge in [-0.1, -0.05) is 48.5 Å². The largest absolute Gasteiger partial charge is 0.342 e. The van der Waals surface area contributed by atoms with Crippen molar-refractivity contribution < 1.29 is 9.59 Å².